The molecule has 0 aromatic carbocycles. The molecule has 0 aromatic heterocycles. The maximum atomic E-state index is 12.4. The molecule has 0 heterocycles. The summed E-state index contributed by atoms with van der Waals surface area (Å²) in [5.41, 5.74) is 0. The standard InChI is InChI=1S/C9H15F6O3PS/c1-4-6(3)20-19(16,17-5-2)18-7(8(10,11)12)9(13,14)15/h6-7H,4-5H2,1-3H3. The van der Waals surface area contributed by atoms with Crippen LogP contribution in [0.1, 0.15) is 27.2 Å². The predicted octanol–water partition coefficient (Wildman–Crippen LogP) is 5.17. The van der Waals surface area contributed by atoms with Gasteiger partial charge in [0.1, 0.15) is 0 Å². The summed E-state index contributed by atoms with van der Waals surface area (Å²) in [6, 6.07) is 0. The maximum absolute atomic E-state index is 12.4. The fraction of sp³-hybridized carbons (Fsp3) is 1.00. The topological polar surface area (TPSA) is 35.5 Å². The summed E-state index contributed by atoms with van der Waals surface area (Å²) in [7, 11) is 0. The average Bonchev–Trinajstić information content (AvgIpc) is 2.23. The molecule has 3 nitrogen and oxygen atoms in total. The molecule has 0 aliphatic carbocycles. The zero-order valence-electron chi connectivity index (χ0n) is 10.9. The molecular weight excluding hydrogens is 333 g/mol. The smallest absolute Gasteiger partial charge is 0.301 e. The fourth-order valence-corrected chi connectivity index (χ4v) is 5.22. The number of halogens is 6. The molecular formula is C9H15F6O3PS. The van der Waals surface area contributed by atoms with Crippen molar-refractivity contribution in [2.24, 2.45) is 0 Å². The van der Waals surface area contributed by atoms with E-state index in [0.29, 0.717) is 17.8 Å². The first kappa shape index (κ1) is 20.1. The molecule has 0 radical (unpaired) electrons. The third-order valence-electron chi connectivity index (χ3n) is 2.00. The van der Waals surface area contributed by atoms with Gasteiger partial charge in [0.15, 0.2) is 0 Å². The molecule has 2 unspecified atom stereocenters. The lowest BCUT2D eigenvalue weighted by Crippen LogP contribution is -2.43. The highest BCUT2D eigenvalue weighted by Gasteiger charge is 2.60. The largest absolute Gasteiger partial charge is 0.424 e. The Hall–Kier alpha value is 0.0800. The van der Waals surface area contributed by atoms with Gasteiger partial charge in [0.25, 0.3) is 6.10 Å². The zero-order valence-corrected chi connectivity index (χ0v) is 12.6. The van der Waals surface area contributed by atoms with Crippen LogP contribution in [-0.4, -0.2) is 30.3 Å². The van der Waals surface area contributed by atoms with Crippen LogP contribution in [0.25, 0.3) is 0 Å². The third-order valence-corrected chi connectivity index (χ3v) is 6.42. The van der Waals surface area contributed by atoms with Gasteiger partial charge in [0, 0.05) is 5.25 Å². The van der Waals surface area contributed by atoms with E-state index in [0.717, 1.165) is 0 Å². The van der Waals surface area contributed by atoms with Crippen LogP contribution < -0.4 is 0 Å². The highest BCUT2D eigenvalue weighted by atomic mass is 32.7. The molecule has 0 aliphatic heterocycles. The van der Waals surface area contributed by atoms with Crippen LogP contribution in [0.2, 0.25) is 0 Å². The van der Waals surface area contributed by atoms with Crippen molar-refractivity contribution in [3.05, 3.63) is 0 Å². The lowest BCUT2D eigenvalue weighted by molar-refractivity contribution is -0.300. The first-order chi connectivity index (χ1) is 8.85. The van der Waals surface area contributed by atoms with Gasteiger partial charge >= 0.3 is 19.2 Å². The summed E-state index contributed by atoms with van der Waals surface area (Å²) in [6.07, 6.45) is -15.2. The number of hydrogen-bond acceptors (Lipinski definition) is 4. The molecule has 0 rings (SSSR count). The SMILES string of the molecule is CCOP(=O)(OC(C(F)(F)F)C(F)(F)F)SC(C)CC. The molecule has 122 valence electrons. The second-order valence-electron chi connectivity index (χ2n) is 3.76. The second-order valence-corrected chi connectivity index (χ2v) is 8.11. The molecule has 2 atom stereocenters. The Morgan fingerprint density at radius 2 is 1.55 bits per heavy atom. The van der Waals surface area contributed by atoms with Gasteiger partial charge in [0.2, 0.25) is 0 Å². The summed E-state index contributed by atoms with van der Waals surface area (Å²) < 4.78 is 94.6. The molecule has 0 bridgehead atoms. The summed E-state index contributed by atoms with van der Waals surface area (Å²) in [5.74, 6) is 0. The third kappa shape index (κ3) is 6.69. The van der Waals surface area contributed by atoms with Crippen LogP contribution >= 0.6 is 18.2 Å². The van der Waals surface area contributed by atoms with E-state index >= 15 is 0 Å². The van der Waals surface area contributed by atoms with Crippen molar-refractivity contribution in [3.8, 4) is 0 Å². The van der Waals surface area contributed by atoms with E-state index in [-0.39, 0.29) is 6.61 Å². The van der Waals surface area contributed by atoms with Crippen molar-refractivity contribution < 1.29 is 40.0 Å². The lowest BCUT2D eigenvalue weighted by atomic mass is 10.3. The van der Waals surface area contributed by atoms with E-state index in [4.69, 9.17) is 0 Å². The van der Waals surface area contributed by atoms with Crippen LogP contribution in [0.5, 0.6) is 0 Å². The van der Waals surface area contributed by atoms with Crippen LogP contribution in [-0.2, 0) is 13.6 Å². The van der Waals surface area contributed by atoms with Crippen LogP contribution in [0.3, 0.4) is 0 Å². The molecule has 20 heavy (non-hydrogen) atoms. The van der Waals surface area contributed by atoms with E-state index in [1.807, 2.05) is 0 Å². The second kappa shape index (κ2) is 7.38. The Labute approximate surface area is 116 Å². The van der Waals surface area contributed by atoms with E-state index in [1.165, 1.54) is 13.8 Å². The number of rotatable bonds is 7. The van der Waals surface area contributed by atoms with Crippen LogP contribution in [0, 0.1) is 0 Å². The van der Waals surface area contributed by atoms with Crippen molar-refractivity contribution in [1.82, 2.24) is 0 Å². The van der Waals surface area contributed by atoms with Gasteiger partial charge in [-0.15, -0.1) is 0 Å². The molecule has 0 N–H and O–H groups in total. The van der Waals surface area contributed by atoms with Gasteiger partial charge in [-0.2, -0.15) is 26.3 Å². The predicted molar refractivity (Wildman–Crippen MR) is 63.6 cm³/mol. The van der Waals surface area contributed by atoms with E-state index in [2.05, 4.69) is 9.05 Å². The Bertz CT molecular complexity index is 332. The van der Waals surface area contributed by atoms with Crippen LogP contribution in [0.15, 0.2) is 0 Å². The summed E-state index contributed by atoms with van der Waals surface area (Å²) >= 11 is 0.343. The molecule has 0 saturated heterocycles. The first-order valence-corrected chi connectivity index (χ1v) is 8.63. The Morgan fingerprint density at radius 1 is 1.10 bits per heavy atom. The maximum Gasteiger partial charge on any atom is 0.424 e. The number of alkyl halides is 6. The Balaban J connectivity index is 5.25. The summed E-state index contributed by atoms with van der Waals surface area (Å²) in [6.45, 7) is -0.466. The van der Waals surface area contributed by atoms with Gasteiger partial charge in [0.05, 0.1) is 6.61 Å². The van der Waals surface area contributed by atoms with E-state index in [1.54, 1.807) is 6.92 Å². The molecule has 0 fully saturated rings. The molecule has 0 saturated carbocycles. The van der Waals surface area contributed by atoms with Gasteiger partial charge in [-0.25, -0.2) is 4.57 Å². The first-order valence-electron chi connectivity index (χ1n) is 5.60. The minimum atomic E-state index is -5.72. The number of hydrogen-bond donors (Lipinski definition) is 0. The fourth-order valence-electron chi connectivity index (χ4n) is 0.973. The highest BCUT2D eigenvalue weighted by Crippen LogP contribution is 2.65. The Kier molecular flexibility index (Phi) is 7.40. The van der Waals surface area contributed by atoms with Crippen molar-refractivity contribution in [2.75, 3.05) is 6.61 Å². The zero-order chi connectivity index (χ0) is 16.2. The molecule has 0 amide bonds. The quantitative estimate of drug-likeness (QED) is 0.470. The van der Waals surface area contributed by atoms with Crippen molar-refractivity contribution >= 4 is 18.2 Å². The average molecular weight is 348 g/mol. The van der Waals surface area contributed by atoms with Crippen molar-refractivity contribution in [1.29, 1.82) is 0 Å². The van der Waals surface area contributed by atoms with Crippen molar-refractivity contribution in [2.45, 2.75) is 50.9 Å². The minimum Gasteiger partial charge on any atom is -0.301 e. The summed E-state index contributed by atoms with van der Waals surface area (Å²) in [5, 5.41) is -0.477. The van der Waals surface area contributed by atoms with Gasteiger partial charge in [-0.05, 0) is 24.7 Å². The molecule has 0 aromatic rings. The van der Waals surface area contributed by atoms with Crippen molar-refractivity contribution in [3.63, 3.8) is 0 Å². The van der Waals surface area contributed by atoms with Gasteiger partial charge in [-0.1, -0.05) is 13.8 Å². The van der Waals surface area contributed by atoms with Gasteiger partial charge < -0.3 is 4.52 Å². The van der Waals surface area contributed by atoms with Gasteiger partial charge in [-0.3, -0.25) is 4.52 Å². The Morgan fingerprint density at radius 3 is 1.85 bits per heavy atom. The summed E-state index contributed by atoms with van der Waals surface area (Å²) in [4.78, 5) is 0. The van der Waals surface area contributed by atoms with E-state index < -0.39 is 30.5 Å². The normalized spacial score (nSPS) is 18.1. The minimum absolute atomic E-state index is 0.330. The lowest BCUT2D eigenvalue weighted by Gasteiger charge is -2.27. The van der Waals surface area contributed by atoms with Crippen LogP contribution in [0.4, 0.5) is 26.3 Å². The molecule has 0 aliphatic rings. The molecule has 11 heteroatoms. The monoisotopic (exact) mass is 348 g/mol. The van der Waals surface area contributed by atoms with E-state index in [9.17, 15) is 30.9 Å². The highest BCUT2D eigenvalue weighted by molar-refractivity contribution is 8.55. The molecule has 0 spiro atoms.